The zero-order chi connectivity index (χ0) is 52.5. The number of nitrogens with zero attached hydrogens (tertiary/aromatic N) is 9. The molecule has 7 aliphatic rings. The van der Waals surface area contributed by atoms with Crippen molar-refractivity contribution in [3.05, 3.63) is 83.2 Å². The van der Waals surface area contributed by atoms with Crippen LogP contribution in [-0.2, 0) is 21.4 Å². The number of fused-ring (bicyclic) bond motifs is 6. The fraction of sp³-hybridized carbons (Fsp3) is 0.508. The van der Waals surface area contributed by atoms with Gasteiger partial charge in [-0.1, -0.05) is 42.3 Å². The Balaban J connectivity index is 0.624. The third-order valence-corrected chi connectivity index (χ3v) is 18.4. The van der Waals surface area contributed by atoms with Crippen LogP contribution < -0.4 is 20.3 Å². The molecule has 0 saturated carbocycles. The fourth-order valence-corrected chi connectivity index (χ4v) is 14.3. The SMILES string of the molecule is C#Cc1c(F)ccc2cccc(-c3ncc4c(N5C[C@H]6CC[C@@H](C5)N6)nc(OC[C@]56CCCN5[C@H](COC(=O)N5CCC(CN7CCC(c8ccc9c(C%10CCC(=O)NC%10=O)nn(C)c9c8)CC7)CC5)CC6)nc4c3F)c12. The van der Waals surface area contributed by atoms with Gasteiger partial charge in [-0.25, -0.2) is 13.6 Å². The summed E-state index contributed by atoms with van der Waals surface area (Å²) in [7, 11) is 1.92. The first-order valence-electron chi connectivity index (χ1n) is 27.9. The van der Waals surface area contributed by atoms with Gasteiger partial charge in [0.15, 0.2) is 5.82 Å². The van der Waals surface area contributed by atoms with Gasteiger partial charge in [-0.2, -0.15) is 15.1 Å². The summed E-state index contributed by atoms with van der Waals surface area (Å²) in [5.74, 6) is 1.92. The summed E-state index contributed by atoms with van der Waals surface area (Å²) in [4.78, 5) is 61.6. The Kier molecular flexibility index (Phi) is 13.1. The van der Waals surface area contributed by atoms with Gasteiger partial charge in [0, 0.05) is 86.9 Å². The van der Waals surface area contributed by atoms with E-state index in [1.54, 1.807) is 24.4 Å². The number of anilines is 1. The topological polar surface area (TPSA) is 163 Å². The number of pyridine rings is 1. The zero-order valence-corrected chi connectivity index (χ0v) is 43.6. The van der Waals surface area contributed by atoms with Gasteiger partial charge >= 0.3 is 12.1 Å². The molecule has 5 atom stereocenters. The number of aryl methyl sites for hydroxylation is 1. The Labute approximate surface area is 446 Å². The van der Waals surface area contributed by atoms with Gasteiger partial charge in [-0.3, -0.25) is 29.5 Å². The molecule has 77 heavy (non-hydrogen) atoms. The van der Waals surface area contributed by atoms with Crippen molar-refractivity contribution in [1.82, 2.24) is 50.1 Å². The van der Waals surface area contributed by atoms with E-state index in [0.29, 0.717) is 104 Å². The van der Waals surface area contributed by atoms with E-state index in [2.05, 4.69) is 54.4 Å². The van der Waals surface area contributed by atoms with Crippen molar-refractivity contribution in [2.24, 2.45) is 13.0 Å². The van der Waals surface area contributed by atoms with Crippen molar-refractivity contribution in [1.29, 1.82) is 0 Å². The summed E-state index contributed by atoms with van der Waals surface area (Å²) in [5.41, 5.74) is 3.31. The van der Waals surface area contributed by atoms with Crippen LogP contribution in [0.3, 0.4) is 0 Å². The number of benzene rings is 3. The summed E-state index contributed by atoms with van der Waals surface area (Å²) in [5, 5.41) is 13.4. The Hall–Kier alpha value is -6.81. The molecule has 1 unspecified atom stereocenters. The second-order valence-corrected chi connectivity index (χ2v) is 22.9. The molecule has 7 saturated heterocycles. The number of piperazine rings is 1. The predicted octanol–water partition coefficient (Wildman–Crippen LogP) is 7.56. The Morgan fingerprint density at radius 3 is 2.52 bits per heavy atom. The molecule has 18 heteroatoms. The number of carbonyl (C=O) groups is 3. The molecule has 2 bridgehead atoms. The van der Waals surface area contributed by atoms with Crippen molar-refractivity contribution in [2.45, 2.75) is 113 Å². The average Bonchev–Trinajstić information content (AvgIpc) is 4.22. The van der Waals surface area contributed by atoms with E-state index in [1.807, 2.05) is 22.7 Å². The number of aromatic nitrogens is 5. The highest BCUT2D eigenvalue weighted by molar-refractivity contribution is 6.03. The van der Waals surface area contributed by atoms with E-state index in [9.17, 15) is 14.4 Å². The van der Waals surface area contributed by atoms with E-state index in [-0.39, 0.29) is 52.3 Å². The maximum Gasteiger partial charge on any atom is 0.409 e. The third kappa shape index (κ3) is 9.21. The first-order chi connectivity index (χ1) is 37.5. The predicted molar refractivity (Wildman–Crippen MR) is 287 cm³/mol. The molecule has 3 aromatic carbocycles. The smallest absolute Gasteiger partial charge is 0.409 e. The second-order valence-electron chi connectivity index (χ2n) is 22.9. The molecule has 10 heterocycles. The minimum absolute atomic E-state index is 0.0233. The number of likely N-dealkylation sites (tertiary alicyclic amines) is 2. The molecular weight excluding hydrogens is 981 g/mol. The number of hydrogen-bond donors (Lipinski definition) is 2. The number of nitrogens with one attached hydrogen (secondary N) is 2. The molecule has 3 amide bonds. The van der Waals surface area contributed by atoms with Crippen LogP contribution in [-0.4, -0.2) is 147 Å². The Morgan fingerprint density at radius 1 is 0.909 bits per heavy atom. The lowest BCUT2D eigenvalue weighted by Gasteiger charge is -2.38. The van der Waals surface area contributed by atoms with Gasteiger partial charge in [0.2, 0.25) is 11.8 Å². The normalized spacial score (nSPS) is 25.5. The zero-order valence-electron chi connectivity index (χ0n) is 43.6. The number of imide groups is 1. The van der Waals surface area contributed by atoms with Crippen LogP contribution in [0, 0.1) is 29.9 Å². The summed E-state index contributed by atoms with van der Waals surface area (Å²) < 4.78 is 46.9. The quantitative estimate of drug-likeness (QED) is 0.0967. The summed E-state index contributed by atoms with van der Waals surface area (Å²) >= 11 is 0. The summed E-state index contributed by atoms with van der Waals surface area (Å²) in [6.07, 6.45) is 17.8. The molecule has 13 rings (SSSR count). The number of terminal acetylenes is 1. The molecule has 2 N–H and O–H groups in total. The number of hydrogen-bond acceptors (Lipinski definition) is 13. The van der Waals surface area contributed by atoms with Gasteiger partial charge in [0.05, 0.1) is 33.6 Å². The monoisotopic (exact) mass is 1050 g/mol. The number of amides is 3. The number of piperidine rings is 3. The number of ether oxygens (including phenoxy) is 2. The van der Waals surface area contributed by atoms with Crippen LogP contribution in [0.2, 0.25) is 0 Å². The van der Waals surface area contributed by atoms with Crippen LogP contribution in [0.4, 0.5) is 19.4 Å². The second kappa shape index (κ2) is 20.2. The minimum Gasteiger partial charge on any atom is -0.461 e. The van der Waals surface area contributed by atoms with Gasteiger partial charge in [0.1, 0.15) is 36.1 Å². The first kappa shape index (κ1) is 49.7. The average molecular weight is 1050 g/mol. The Morgan fingerprint density at radius 2 is 1.73 bits per heavy atom. The highest BCUT2D eigenvalue weighted by Crippen LogP contribution is 2.44. The minimum atomic E-state index is -0.652. The molecule has 0 aliphatic carbocycles. The molecule has 7 fully saturated rings. The van der Waals surface area contributed by atoms with Crippen LogP contribution in [0.1, 0.15) is 106 Å². The van der Waals surface area contributed by atoms with Crippen LogP contribution in [0.25, 0.3) is 43.8 Å². The lowest BCUT2D eigenvalue weighted by atomic mass is 9.87. The molecule has 0 radical (unpaired) electrons. The number of rotatable bonds is 11. The number of halogens is 2. The maximum absolute atomic E-state index is 17.2. The highest BCUT2D eigenvalue weighted by atomic mass is 19.1. The van der Waals surface area contributed by atoms with Crippen molar-refractivity contribution in [3.8, 4) is 29.6 Å². The lowest BCUT2D eigenvalue weighted by Crippen LogP contribution is -2.51. The third-order valence-electron chi connectivity index (χ3n) is 18.4. The van der Waals surface area contributed by atoms with Crippen LogP contribution in [0.15, 0.2) is 54.7 Å². The molecule has 7 aliphatic heterocycles. The van der Waals surface area contributed by atoms with Crippen molar-refractivity contribution >= 4 is 56.3 Å². The lowest BCUT2D eigenvalue weighted by molar-refractivity contribution is -0.134. The highest BCUT2D eigenvalue weighted by Gasteiger charge is 2.50. The van der Waals surface area contributed by atoms with E-state index in [1.165, 1.54) is 11.6 Å². The van der Waals surface area contributed by atoms with Gasteiger partial charge in [-0.05, 0) is 125 Å². The molecule has 3 aromatic heterocycles. The standard InChI is InChI=1S/C59H65F2N11O5/c1-3-42-47(60)14-9-37-6-4-7-44(50(37)42)53-51(61)54-46(29-62-53)55(71-31-39-10-11-40(32-71)63-39)66-57(65-54)77-34-59-21-5-23-72(59)41(16-22-59)33-76-58(75)70-26-17-35(18-27-70)30-69-24-19-36(20-25-69)38-8-12-43-48(28-38)68(2)67-52(43)45-13-15-49(73)64-56(45)74/h1,4,6-9,12,14,28-29,35-36,39-41,45,63H,5,10-11,13,15-27,30-34H2,2H3,(H,64,73,74)/t39-,40+,41-,45?,59+/m0/s1. The van der Waals surface area contributed by atoms with Crippen LogP contribution >= 0.6 is 0 Å². The summed E-state index contributed by atoms with van der Waals surface area (Å²) in [6.45, 7) is 7.36. The molecule has 16 nitrogen and oxygen atoms in total. The van der Waals surface area contributed by atoms with Crippen LogP contribution in [0.5, 0.6) is 6.01 Å². The first-order valence-corrected chi connectivity index (χ1v) is 27.9. The largest absolute Gasteiger partial charge is 0.461 e. The van der Waals surface area contributed by atoms with Gasteiger partial charge < -0.3 is 29.5 Å². The molecule has 6 aromatic rings. The maximum atomic E-state index is 17.2. The van der Waals surface area contributed by atoms with E-state index >= 15 is 8.78 Å². The van der Waals surface area contributed by atoms with Crippen molar-refractivity contribution in [3.63, 3.8) is 0 Å². The van der Waals surface area contributed by atoms with Crippen molar-refractivity contribution < 1.29 is 32.6 Å². The van der Waals surface area contributed by atoms with Gasteiger partial charge in [0.25, 0.3) is 0 Å². The number of carbonyl (C=O) groups excluding carboxylic acids is 3. The van der Waals surface area contributed by atoms with E-state index in [4.69, 9.17) is 31.0 Å². The van der Waals surface area contributed by atoms with E-state index < -0.39 is 17.6 Å². The fourth-order valence-electron chi connectivity index (χ4n) is 14.3. The molecular formula is C59H65F2N11O5. The molecule has 0 spiro atoms. The summed E-state index contributed by atoms with van der Waals surface area (Å²) in [6, 6.07) is 15.6. The molecule has 400 valence electrons. The van der Waals surface area contributed by atoms with Gasteiger partial charge in [-0.15, -0.1) is 6.42 Å². The Bertz CT molecular complexity index is 3350. The van der Waals surface area contributed by atoms with E-state index in [0.717, 1.165) is 107 Å². The van der Waals surface area contributed by atoms with Crippen molar-refractivity contribution in [2.75, 3.05) is 70.5 Å².